The van der Waals surface area contributed by atoms with Crippen LogP contribution in [0, 0.1) is 0 Å². The summed E-state index contributed by atoms with van der Waals surface area (Å²) in [4.78, 5) is 0. The van der Waals surface area contributed by atoms with Crippen LogP contribution in [0.3, 0.4) is 0 Å². The molecule has 35 heavy (non-hydrogen) atoms. The smallest absolute Gasteiger partial charge is 1.00 e. The average Bonchev–Trinajstić information content (AvgIpc) is 3.43. The van der Waals surface area contributed by atoms with Gasteiger partial charge < -0.3 is 24.8 Å². The molecule has 0 aromatic heterocycles. The number of fused-ring (bicyclic) bond motifs is 2. The molecule has 2 unspecified atom stereocenters. The summed E-state index contributed by atoms with van der Waals surface area (Å²) in [6.07, 6.45) is 21.1. The molecule has 3 aliphatic rings. The third kappa shape index (κ3) is 4.84. The van der Waals surface area contributed by atoms with E-state index in [1.54, 1.807) is 52.8 Å². The fourth-order valence-corrected chi connectivity index (χ4v) is 23.5. The van der Waals surface area contributed by atoms with Gasteiger partial charge in [-0.15, -0.1) is 0 Å². The van der Waals surface area contributed by atoms with Crippen LogP contribution in [-0.4, -0.2) is 0 Å². The molecule has 1 fully saturated rings. The molecule has 188 valence electrons. The number of hydrogen-bond acceptors (Lipinski definition) is 0. The first-order chi connectivity index (χ1) is 16.2. The number of halogens is 2. The number of hydrogen-bond donors (Lipinski definition) is 0. The summed E-state index contributed by atoms with van der Waals surface area (Å²) < 4.78 is 4.64. The second-order valence-electron chi connectivity index (χ2n) is 10.7. The van der Waals surface area contributed by atoms with Crippen molar-refractivity contribution in [2.75, 3.05) is 0 Å². The van der Waals surface area contributed by atoms with Gasteiger partial charge in [0.05, 0.1) is 0 Å². The third-order valence-corrected chi connectivity index (χ3v) is 24.0. The van der Waals surface area contributed by atoms with Crippen molar-refractivity contribution in [3.8, 4) is 0 Å². The Morgan fingerprint density at radius 1 is 0.571 bits per heavy atom. The van der Waals surface area contributed by atoms with Gasteiger partial charge in [-0.3, -0.25) is 0 Å². The summed E-state index contributed by atoms with van der Waals surface area (Å²) in [5.41, 5.74) is 13.2. The van der Waals surface area contributed by atoms with Crippen LogP contribution in [0.15, 0.2) is 36.4 Å². The first-order valence-electron chi connectivity index (χ1n) is 13.8. The molecule has 2 aromatic carbocycles. The standard InChI is InChI=1S/2C13H15.C6H12.2ClH.Zr/c2*1-3-10-8-9-11(4-2)13-7-5-6-12(10)13;1-3-5-6-4-2;;;/h2*5-9H,3-4H2,1-2H3;1-6H2;2*1H;/q;;;;;+2/p-2. The van der Waals surface area contributed by atoms with Crippen LogP contribution in [0.5, 0.6) is 0 Å². The van der Waals surface area contributed by atoms with Gasteiger partial charge >= 0.3 is 208 Å². The van der Waals surface area contributed by atoms with Gasteiger partial charge in [0.2, 0.25) is 0 Å². The third-order valence-electron chi connectivity index (χ3n) is 9.27. The molecule has 0 nitrogen and oxygen atoms in total. The molecule has 1 heterocycles. The summed E-state index contributed by atoms with van der Waals surface area (Å²) >= 11 is -2.74. The predicted molar refractivity (Wildman–Crippen MR) is 142 cm³/mol. The number of rotatable bonds is 6. The molecule has 2 aromatic rings. The van der Waals surface area contributed by atoms with E-state index in [4.69, 9.17) is 0 Å². The monoisotopic (exact) mass is 586 g/mol. The fraction of sp³-hybridized carbons (Fsp3) is 0.500. The maximum absolute atomic E-state index is 2.74. The minimum absolute atomic E-state index is 0. The van der Waals surface area contributed by atoms with E-state index < -0.39 is 20.3 Å². The Morgan fingerprint density at radius 2 is 0.943 bits per heavy atom. The van der Waals surface area contributed by atoms with E-state index in [1.165, 1.54) is 38.5 Å². The van der Waals surface area contributed by atoms with E-state index >= 15 is 0 Å². The van der Waals surface area contributed by atoms with E-state index in [1.807, 2.05) is 0 Å². The molecular weight excluding hydrogens is 546 g/mol. The minimum atomic E-state index is -2.74. The van der Waals surface area contributed by atoms with Crippen molar-refractivity contribution < 1.29 is 45.1 Å². The molecule has 1 aliphatic heterocycles. The number of benzene rings is 2. The van der Waals surface area contributed by atoms with E-state index in [2.05, 4.69) is 76.3 Å². The summed E-state index contributed by atoms with van der Waals surface area (Å²) in [7, 11) is 0. The zero-order valence-corrected chi connectivity index (χ0v) is 26.1. The van der Waals surface area contributed by atoms with Crippen molar-refractivity contribution in [1.29, 1.82) is 0 Å². The van der Waals surface area contributed by atoms with Gasteiger partial charge in [-0.05, 0) is 0 Å². The molecular formula is C32H42Cl2Zr. The quantitative estimate of drug-likeness (QED) is 0.486. The van der Waals surface area contributed by atoms with Gasteiger partial charge in [-0.1, -0.05) is 0 Å². The van der Waals surface area contributed by atoms with Crippen LogP contribution in [0.1, 0.15) is 105 Å². The molecule has 5 rings (SSSR count). The van der Waals surface area contributed by atoms with Crippen molar-refractivity contribution in [3.05, 3.63) is 80.9 Å². The molecule has 0 radical (unpaired) electrons. The Balaban J connectivity index is 0.00000171. The van der Waals surface area contributed by atoms with Gasteiger partial charge in [0, 0.05) is 0 Å². The fourth-order valence-electron chi connectivity index (χ4n) is 7.55. The molecule has 2 atom stereocenters. The Hall–Kier alpha value is -0.617. The molecule has 0 saturated carbocycles. The first kappa shape index (κ1) is 28.9. The van der Waals surface area contributed by atoms with Crippen molar-refractivity contribution in [2.45, 2.75) is 94.6 Å². The second-order valence-corrected chi connectivity index (χ2v) is 22.2. The molecule has 0 N–H and O–H groups in total. The Bertz CT molecular complexity index is 1010. The molecule has 0 amide bonds. The van der Waals surface area contributed by atoms with Crippen molar-refractivity contribution in [1.82, 2.24) is 0 Å². The predicted octanol–water partition coefficient (Wildman–Crippen LogP) is 3.34. The van der Waals surface area contributed by atoms with Crippen LogP contribution in [-0.2, 0) is 45.9 Å². The minimum Gasteiger partial charge on any atom is -1.00 e. The van der Waals surface area contributed by atoms with Crippen LogP contribution < -0.4 is 24.8 Å². The van der Waals surface area contributed by atoms with Crippen molar-refractivity contribution >= 4 is 12.2 Å². The van der Waals surface area contributed by atoms with Crippen LogP contribution in [0.25, 0.3) is 12.2 Å². The summed E-state index contributed by atoms with van der Waals surface area (Å²) in [6, 6.07) is 9.82. The Labute approximate surface area is 231 Å². The van der Waals surface area contributed by atoms with Crippen LogP contribution >= 0.6 is 0 Å². The van der Waals surface area contributed by atoms with Gasteiger partial charge in [0.25, 0.3) is 0 Å². The zero-order valence-electron chi connectivity index (χ0n) is 22.1. The normalized spacial score (nSPS) is 20.7. The molecule has 0 spiro atoms. The topological polar surface area (TPSA) is 0 Å². The SMILES string of the molecule is CCc1ccc(CC)c2c1C=C[CH]2[Zr+2]1([CH]2C=Cc3c(CC)ccc(CC)c32)[CH2]CCCC[CH2]1.[Cl-].[Cl-]. The maximum Gasteiger partial charge on any atom is -1.00 e. The molecule has 3 heteroatoms. The zero-order chi connectivity index (χ0) is 23.0. The number of allylic oxidation sites excluding steroid dienone is 2. The summed E-state index contributed by atoms with van der Waals surface area (Å²) in [5.74, 6) is 0. The van der Waals surface area contributed by atoms with Gasteiger partial charge in [-0.2, -0.15) is 0 Å². The van der Waals surface area contributed by atoms with E-state index in [-0.39, 0.29) is 24.8 Å². The average molecular weight is 589 g/mol. The van der Waals surface area contributed by atoms with E-state index in [0.717, 1.165) is 20.1 Å². The van der Waals surface area contributed by atoms with Crippen LogP contribution in [0.2, 0.25) is 8.26 Å². The summed E-state index contributed by atoms with van der Waals surface area (Å²) in [6.45, 7) is 9.42. The Morgan fingerprint density at radius 3 is 1.31 bits per heavy atom. The molecule has 2 aliphatic carbocycles. The van der Waals surface area contributed by atoms with E-state index in [9.17, 15) is 0 Å². The summed E-state index contributed by atoms with van der Waals surface area (Å²) in [5, 5.41) is 0. The van der Waals surface area contributed by atoms with E-state index in [0.29, 0.717) is 0 Å². The van der Waals surface area contributed by atoms with Crippen molar-refractivity contribution in [3.63, 3.8) is 0 Å². The van der Waals surface area contributed by atoms with Crippen LogP contribution in [0.4, 0.5) is 0 Å². The largest absolute Gasteiger partial charge is 1.00 e. The van der Waals surface area contributed by atoms with Gasteiger partial charge in [0.1, 0.15) is 0 Å². The molecule has 0 bridgehead atoms. The van der Waals surface area contributed by atoms with Gasteiger partial charge in [-0.25, -0.2) is 0 Å². The van der Waals surface area contributed by atoms with Gasteiger partial charge in [0.15, 0.2) is 0 Å². The second kappa shape index (κ2) is 12.3. The van der Waals surface area contributed by atoms with Crippen molar-refractivity contribution in [2.24, 2.45) is 0 Å². The Kier molecular flexibility index (Phi) is 10.2. The molecule has 1 saturated heterocycles. The number of aryl methyl sites for hydroxylation is 4. The maximum atomic E-state index is 2.73. The first-order valence-corrected chi connectivity index (χ1v) is 20.2.